The summed E-state index contributed by atoms with van der Waals surface area (Å²) in [5.74, 6) is 0.0708. The fourth-order valence-electron chi connectivity index (χ4n) is 3.28. The van der Waals surface area contributed by atoms with Crippen LogP contribution in [0.4, 0.5) is 5.69 Å². The molecule has 1 atom stereocenters. The summed E-state index contributed by atoms with van der Waals surface area (Å²) in [6.07, 6.45) is 6.09. The Morgan fingerprint density at radius 3 is 2.56 bits per heavy atom. The van der Waals surface area contributed by atoms with Crippen LogP contribution in [0.2, 0.25) is 0 Å². The average molecular weight is 474 g/mol. The summed E-state index contributed by atoms with van der Waals surface area (Å²) >= 11 is 1.14. The van der Waals surface area contributed by atoms with Crippen LogP contribution in [0, 0.1) is 0 Å². The van der Waals surface area contributed by atoms with Gasteiger partial charge in [0.2, 0.25) is 21.8 Å². The van der Waals surface area contributed by atoms with Crippen molar-refractivity contribution >= 4 is 33.4 Å². The van der Waals surface area contributed by atoms with E-state index in [0.29, 0.717) is 30.2 Å². The van der Waals surface area contributed by atoms with Crippen molar-refractivity contribution in [3.8, 4) is 11.5 Å². The Morgan fingerprint density at radius 2 is 1.88 bits per heavy atom. The zero-order chi connectivity index (χ0) is 22.6. The maximum absolute atomic E-state index is 12.7. The fraction of sp³-hybridized carbons (Fsp3) is 0.333. The minimum Gasteiger partial charge on any atom is -0.411 e. The molecule has 0 aliphatic carbocycles. The summed E-state index contributed by atoms with van der Waals surface area (Å²) in [7, 11) is -3.50. The number of carbonyl (C=O) groups excluding carboxylic acids is 1. The molecule has 1 aliphatic rings. The molecule has 1 amide bonds. The molecule has 4 rings (SSSR count). The van der Waals surface area contributed by atoms with E-state index in [1.54, 1.807) is 43.6 Å². The van der Waals surface area contributed by atoms with Gasteiger partial charge in [-0.3, -0.25) is 9.78 Å². The van der Waals surface area contributed by atoms with Gasteiger partial charge in [0.1, 0.15) is 0 Å². The van der Waals surface area contributed by atoms with Crippen LogP contribution in [0.5, 0.6) is 0 Å². The molecule has 2 aromatic heterocycles. The zero-order valence-electron chi connectivity index (χ0n) is 17.5. The molecule has 168 valence electrons. The van der Waals surface area contributed by atoms with E-state index in [9.17, 15) is 13.2 Å². The summed E-state index contributed by atoms with van der Waals surface area (Å²) in [6, 6.07) is 9.81. The van der Waals surface area contributed by atoms with Crippen LogP contribution >= 0.6 is 11.8 Å². The maximum atomic E-state index is 12.7. The van der Waals surface area contributed by atoms with Gasteiger partial charge in [0.25, 0.3) is 5.22 Å². The van der Waals surface area contributed by atoms with Gasteiger partial charge in [-0.1, -0.05) is 18.2 Å². The normalized spacial score (nSPS) is 15.9. The van der Waals surface area contributed by atoms with E-state index < -0.39 is 15.3 Å². The molecule has 9 nitrogen and oxygen atoms in total. The lowest BCUT2D eigenvalue weighted by molar-refractivity contribution is -0.115. The number of carbonyl (C=O) groups is 1. The highest BCUT2D eigenvalue weighted by atomic mass is 32.2. The lowest BCUT2D eigenvalue weighted by Gasteiger charge is -2.25. The van der Waals surface area contributed by atoms with Crippen LogP contribution < -0.4 is 5.32 Å². The third-order valence-corrected chi connectivity index (χ3v) is 7.88. The molecule has 3 heterocycles. The van der Waals surface area contributed by atoms with E-state index in [1.807, 2.05) is 0 Å². The number of amides is 1. The number of sulfonamides is 1. The third kappa shape index (κ3) is 5.17. The van der Waals surface area contributed by atoms with Crippen LogP contribution in [0.1, 0.15) is 26.2 Å². The van der Waals surface area contributed by atoms with E-state index in [4.69, 9.17) is 4.42 Å². The molecule has 1 aromatic carbocycles. The average Bonchev–Trinajstić information content (AvgIpc) is 3.29. The number of pyridine rings is 1. The second-order valence-corrected chi connectivity index (χ2v) is 10.6. The lowest BCUT2D eigenvalue weighted by atomic mass is 10.2. The number of nitrogens with one attached hydrogen (secondary N) is 1. The molecule has 0 bridgehead atoms. The van der Waals surface area contributed by atoms with Crippen molar-refractivity contribution in [1.29, 1.82) is 0 Å². The van der Waals surface area contributed by atoms with Crippen molar-refractivity contribution < 1.29 is 17.6 Å². The highest BCUT2D eigenvalue weighted by molar-refractivity contribution is 8.00. The van der Waals surface area contributed by atoms with E-state index in [2.05, 4.69) is 20.5 Å². The number of piperidine rings is 1. The molecule has 11 heteroatoms. The van der Waals surface area contributed by atoms with Crippen molar-refractivity contribution in [3.63, 3.8) is 0 Å². The molecule has 1 aliphatic heterocycles. The van der Waals surface area contributed by atoms with Gasteiger partial charge in [0.15, 0.2) is 0 Å². The van der Waals surface area contributed by atoms with Gasteiger partial charge >= 0.3 is 0 Å². The number of hydrogen-bond acceptors (Lipinski definition) is 8. The second-order valence-electron chi connectivity index (χ2n) is 7.35. The maximum Gasteiger partial charge on any atom is 0.277 e. The largest absolute Gasteiger partial charge is 0.411 e. The standard InChI is InChI=1S/C21H23N5O4S2/c1-15(31-21-25-24-20(30-21)16-6-5-11-22-14-16)19(27)23-17-7-9-18(10-8-17)32(28,29)26-12-3-2-4-13-26/h5-11,14-15H,2-4,12-13H2,1H3,(H,23,27). The third-order valence-electron chi connectivity index (χ3n) is 5.04. The second kappa shape index (κ2) is 9.80. The molecule has 1 N–H and O–H groups in total. The first kappa shape index (κ1) is 22.4. The molecular formula is C21H23N5O4S2. The van der Waals surface area contributed by atoms with E-state index >= 15 is 0 Å². The monoisotopic (exact) mass is 473 g/mol. The fourth-order valence-corrected chi connectivity index (χ4v) is 5.48. The van der Waals surface area contributed by atoms with Crippen LogP contribution in [0.15, 0.2) is 63.3 Å². The molecule has 1 fully saturated rings. The Hall–Kier alpha value is -2.76. The smallest absolute Gasteiger partial charge is 0.277 e. The minimum atomic E-state index is -3.50. The first-order valence-electron chi connectivity index (χ1n) is 10.2. The molecule has 3 aromatic rings. The molecular weight excluding hydrogens is 450 g/mol. The first-order chi connectivity index (χ1) is 15.4. The number of thioether (sulfide) groups is 1. The zero-order valence-corrected chi connectivity index (χ0v) is 19.1. The van der Waals surface area contributed by atoms with Gasteiger partial charge in [-0.25, -0.2) is 8.42 Å². The Balaban J connectivity index is 1.36. The summed E-state index contributed by atoms with van der Waals surface area (Å²) in [6.45, 7) is 2.82. The predicted molar refractivity (Wildman–Crippen MR) is 121 cm³/mol. The highest BCUT2D eigenvalue weighted by Crippen LogP contribution is 2.27. The number of benzene rings is 1. The quantitative estimate of drug-likeness (QED) is 0.519. The molecule has 0 radical (unpaired) electrons. The number of rotatable bonds is 7. The van der Waals surface area contributed by atoms with Crippen molar-refractivity contribution in [3.05, 3.63) is 48.8 Å². The summed E-state index contributed by atoms with van der Waals surface area (Å²) in [5.41, 5.74) is 1.21. The number of nitrogens with zero attached hydrogens (tertiary/aromatic N) is 4. The van der Waals surface area contributed by atoms with Crippen molar-refractivity contribution in [2.24, 2.45) is 0 Å². The Kier molecular flexibility index (Phi) is 6.87. The first-order valence-corrected chi connectivity index (χ1v) is 12.6. The minimum absolute atomic E-state index is 0.230. The van der Waals surface area contributed by atoms with E-state index in [0.717, 1.165) is 31.0 Å². The molecule has 0 spiro atoms. The molecule has 0 saturated carbocycles. The van der Waals surface area contributed by atoms with Crippen molar-refractivity contribution in [1.82, 2.24) is 19.5 Å². The van der Waals surface area contributed by atoms with Crippen LogP contribution in [0.3, 0.4) is 0 Å². The highest BCUT2D eigenvalue weighted by Gasteiger charge is 2.26. The number of aromatic nitrogens is 3. The summed E-state index contributed by atoms with van der Waals surface area (Å²) in [4.78, 5) is 16.8. The van der Waals surface area contributed by atoms with Gasteiger partial charge in [0, 0.05) is 31.2 Å². The summed E-state index contributed by atoms with van der Waals surface area (Å²) < 4.78 is 32.6. The number of hydrogen-bond donors (Lipinski definition) is 1. The van der Waals surface area contributed by atoms with Gasteiger partial charge in [0.05, 0.1) is 15.7 Å². The van der Waals surface area contributed by atoms with E-state index in [-0.39, 0.29) is 16.0 Å². The van der Waals surface area contributed by atoms with Crippen LogP contribution in [-0.4, -0.2) is 52.2 Å². The molecule has 32 heavy (non-hydrogen) atoms. The van der Waals surface area contributed by atoms with Gasteiger partial charge in [-0.15, -0.1) is 10.2 Å². The lowest BCUT2D eigenvalue weighted by Crippen LogP contribution is -2.35. The Bertz CT molecular complexity index is 1160. The van der Waals surface area contributed by atoms with Crippen LogP contribution in [0.25, 0.3) is 11.5 Å². The van der Waals surface area contributed by atoms with Crippen molar-refractivity contribution in [2.75, 3.05) is 18.4 Å². The van der Waals surface area contributed by atoms with Gasteiger partial charge in [-0.2, -0.15) is 4.31 Å². The van der Waals surface area contributed by atoms with E-state index in [1.165, 1.54) is 16.4 Å². The van der Waals surface area contributed by atoms with Crippen LogP contribution in [-0.2, 0) is 14.8 Å². The molecule has 1 unspecified atom stereocenters. The predicted octanol–water partition coefficient (Wildman–Crippen LogP) is 3.43. The molecule has 1 saturated heterocycles. The van der Waals surface area contributed by atoms with Crippen molar-refractivity contribution in [2.45, 2.75) is 41.6 Å². The topological polar surface area (TPSA) is 118 Å². The van der Waals surface area contributed by atoms with Gasteiger partial charge in [-0.05, 0) is 56.2 Å². The Morgan fingerprint density at radius 1 is 1.12 bits per heavy atom. The van der Waals surface area contributed by atoms with Gasteiger partial charge < -0.3 is 9.73 Å². The Labute approximate surface area is 190 Å². The SMILES string of the molecule is CC(Sc1nnc(-c2cccnc2)o1)C(=O)Nc1ccc(S(=O)(=O)N2CCCCC2)cc1. The summed E-state index contributed by atoms with van der Waals surface area (Å²) in [5, 5.41) is 10.5. The number of anilines is 1.